The molecule has 0 fully saturated rings. The van der Waals surface area contributed by atoms with Crippen LogP contribution in [-0.4, -0.2) is 23.3 Å². The molecule has 0 bridgehead atoms. The van der Waals surface area contributed by atoms with Gasteiger partial charge in [0.1, 0.15) is 28.7 Å². The number of hydrogen-bond donors (Lipinski definition) is 0. The monoisotopic (exact) mass is 1030 g/mol. The molecule has 0 aliphatic rings. The molecule has 0 radical (unpaired) electrons. The van der Waals surface area contributed by atoms with E-state index in [1.54, 1.807) is 0 Å². The van der Waals surface area contributed by atoms with Crippen LogP contribution >= 0.6 is 0 Å². The SMILES string of the molecule is CCCCCCCCCCCCCCCCCCCC/C=C/[N+](/C=C/CCCCCCCCCCCCCCCCCCCC)(/C=C/CCCCCCCCCCCCCCCCCCCC)CS(=O)(=O)[O-]. The number of allylic oxidation sites excluding steroid dienone is 3. The van der Waals surface area contributed by atoms with Crippen LogP contribution < -0.4 is 0 Å². The smallest absolute Gasteiger partial charge is 0.181 e. The first-order valence-corrected chi connectivity index (χ1v) is 34.8. The number of nitrogens with zero attached hydrogens (tertiary/aromatic N) is 1. The van der Waals surface area contributed by atoms with Gasteiger partial charge in [-0.25, -0.2) is 12.9 Å². The minimum Gasteiger partial charge on any atom is -0.744 e. The zero-order chi connectivity index (χ0) is 52.3. The van der Waals surface area contributed by atoms with Crippen LogP contribution in [0.25, 0.3) is 0 Å². The number of unbranched alkanes of at least 4 members (excludes halogenated alkanes) is 54. The lowest BCUT2D eigenvalue weighted by molar-refractivity contribution is -0.760. The lowest BCUT2D eigenvalue weighted by Gasteiger charge is -2.28. The van der Waals surface area contributed by atoms with Crippen LogP contribution in [0.2, 0.25) is 0 Å². The summed E-state index contributed by atoms with van der Waals surface area (Å²) in [6.07, 6.45) is 89.2. The maximum atomic E-state index is 12.4. The Bertz CT molecular complexity index is 1100. The van der Waals surface area contributed by atoms with Gasteiger partial charge < -0.3 is 4.55 Å². The summed E-state index contributed by atoms with van der Waals surface area (Å²) in [7, 11) is -4.44. The molecule has 4 nitrogen and oxygen atoms in total. The van der Waals surface area contributed by atoms with E-state index >= 15 is 0 Å². The summed E-state index contributed by atoms with van der Waals surface area (Å²) in [5.74, 6) is -0.451. The lowest BCUT2D eigenvalue weighted by Crippen LogP contribution is -2.36. The number of hydrogen-bond acceptors (Lipinski definition) is 3. The zero-order valence-corrected chi connectivity index (χ0v) is 50.4. The second-order valence-electron chi connectivity index (χ2n) is 23.2. The van der Waals surface area contributed by atoms with Gasteiger partial charge in [0.15, 0.2) is 5.88 Å². The van der Waals surface area contributed by atoms with Crippen molar-refractivity contribution in [2.45, 2.75) is 387 Å². The van der Waals surface area contributed by atoms with Crippen molar-refractivity contribution in [3.8, 4) is 0 Å². The fraction of sp³-hybridized carbons (Fsp3) is 0.910. The van der Waals surface area contributed by atoms with Gasteiger partial charge in [-0.1, -0.05) is 348 Å². The molecular weight excluding hydrogens is 899 g/mol. The molecule has 0 atom stereocenters. The van der Waals surface area contributed by atoms with Crippen molar-refractivity contribution < 1.29 is 17.5 Å². The molecule has 0 spiro atoms. The normalized spacial score (nSPS) is 12.6. The van der Waals surface area contributed by atoms with Gasteiger partial charge in [-0.05, 0) is 56.8 Å². The van der Waals surface area contributed by atoms with Crippen molar-refractivity contribution in [1.29, 1.82) is 0 Å². The standard InChI is InChI=1S/C67H131NO3S/c1-4-7-10-13-16-19-22-25-28-31-34-37-40-43-46-49-52-55-58-61-64-68(67-72(69,70)71,65-62-59-56-53-50-47-44-41-38-35-32-29-26-23-20-17-14-11-8-5-2)66-63-60-57-54-51-48-45-42-39-36-33-30-27-24-21-18-15-12-9-6-3/h61-66H,4-60,67H2,1-3H3/b64-61+,65-62+,66-63+. The molecule has 428 valence electrons. The van der Waals surface area contributed by atoms with Crippen molar-refractivity contribution >= 4 is 10.1 Å². The molecule has 0 aliphatic heterocycles. The van der Waals surface area contributed by atoms with Gasteiger partial charge in [0.2, 0.25) is 0 Å². The molecule has 0 aromatic rings. The Hall–Kier alpha value is -0.910. The van der Waals surface area contributed by atoms with Gasteiger partial charge in [0.05, 0.1) is 0 Å². The molecule has 0 saturated carbocycles. The highest BCUT2D eigenvalue weighted by molar-refractivity contribution is 7.85. The largest absolute Gasteiger partial charge is 0.744 e. The quantitative estimate of drug-likeness (QED) is 0.0346. The second kappa shape index (κ2) is 59.3. The lowest BCUT2D eigenvalue weighted by atomic mass is 10.0. The highest BCUT2D eigenvalue weighted by atomic mass is 32.2. The van der Waals surface area contributed by atoms with Crippen molar-refractivity contribution in [3.05, 3.63) is 36.8 Å². The third-order valence-electron chi connectivity index (χ3n) is 15.7. The summed E-state index contributed by atoms with van der Waals surface area (Å²) >= 11 is 0. The molecule has 0 unspecified atom stereocenters. The summed E-state index contributed by atoms with van der Waals surface area (Å²) in [5, 5.41) is 0. The Morgan fingerprint density at radius 1 is 0.250 bits per heavy atom. The Morgan fingerprint density at radius 2 is 0.389 bits per heavy atom. The van der Waals surface area contributed by atoms with E-state index in [4.69, 9.17) is 0 Å². The average Bonchev–Trinajstić information content (AvgIpc) is 3.36. The molecule has 0 N–H and O–H groups in total. The van der Waals surface area contributed by atoms with E-state index in [1.165, 1.54) is 327 Å². The van der Waals surface area contributed by atoms with E-state index in [2.05, 4.69) is 39.0 Å². The van der Waals surface area contributed by atoms with Gasteiger partial charge >= 0.3 is 0 Å². The Balaban J connectivity index is 4.67. The molecule has 0 heterocycles. The minimum absolute atomic E-state index is 0.0109. The van der Waals surface area contributed by atoms with E-state index in [1.807, 2.05) is 18.6 Å². The van der Waals surface area contributed by atoms with Crippen molar-refractivity contribution in [3.63, 3.8) is 0 Å². The second-order valence-corrected chi connectivity index (χ2v) is 24.6. The van der Waals surface area contributed by atoms with Crippen molar-refractivity contribution in [1.82, 2.24) is 0 Å². The molecule has 72 heavy (non-hydrogen) atoms. The van der Waals surface area contributed by atoms with Crippen molar-refractivity contribution in [2.24, 2.45) is 0 Å². The van der Waals surface area contributed by atoms with E-state index in [9.17, 15) is 13.0 Å². The minimum atomic E-state index is -4.44. The van der Waals surface area contributed by atoms with Gasteiger partial charge in [0.25, 0.3) is 0 Å². The highest BCUT2D eigenvalue weighted by Gasteiger charge is 2.22. The van der Waals surface area contributed by atoms with E-state index in [-0.39, 0.29) is 4.48 Å². The number of rotatable bonds is 62. The predicted octanol–water partition coefficient (Wildman–Crippen LogP) is 24.1. The van der Waals surface area contributed by atoms with Crippen LogP contribution in [0, 0.1) is 0 Å². The molecule has 0 aromatic heterocycles. The van der Waals surface area contributed by atoms with Gasteiger partial charge in [-0.15, -0.1) is 0 Å². The third-order valence-corrected chi connectivity index (χ3v) is 16.5. The van der Waals surface area contributed by atoms with Gasteiger partial charge in [-0.3, -0.25) is 0 Å². The van der Waals surface area contributed by atoms with E-state index in [0.29, 0.717) is 0 Å². The molecule has 0 rings (SSSR count). The maximum absolute atomic E-state index is 12.4. The van der Waals surface area contributed by atoms with E-state index in [0.717, 1.165) is 38.5 Å². The fourth-order valence-electron chi connectivity index (χ4n) is 10.9. The summed E-state index contributed by atoms with van der Waals surface area (Å²) in [5.41, 5.74) is 0. The molecule has 0 aliphatic carbocycles. The zero-order valence-electron chi connectivity index (χ0n) is 49.6. The topological polar surface area (TPSA) is 57.2 Å². The molecule has 0 aromatic carbocycles. The van der Waals surface area contributed by atoms with Crippen LogP contribution in [0.1, 0.15) is 387 Å². The highest BCUT2D eigenvalue weighted by Crippen LogP contribution is 2.21. The summed E-state index contributed by atoms with van der Waals surface area (Å²) < 4.78 is 37.2. The van der Waals surface area contributed by atoms with Crippen molar-refractivity contribution in [2.75, 3.05) is 5.88 Å². The number of quaternary nitrogens is 1. The predicted molar refractivity (Wildman–Crippen MR) is 322 cm³/mol. The summed E-state index contributed by atoms with van der Waals surface area (Å²) in [6.45, 7) is 6.89. The molecule has 0 amide bonds. The Kier molecular flexibility index (Phi) is 58.6. The Labute approximate surface area is 454 Å². The molecule has 0 saturated heterocycles. The van der Waals surface area contributed by atoms with Crippen LogP contribution in [0.4, 0.5) is 0 Å². The third kappa shape index (κ3) is 58.4. The molecule has 5 heteroatoms. The van der Waals surface area contributed by atoms with Crippen LogP contribution in [0.5, 0.6) is 0 Å². The first-order valence-electron chi connectivity index (χ1n) is 33.2. The summed E-state index contributed by atoms with van der Waals surface area (Å²) in [4.78, 5) is 0. The average molecular weight is 1030 g/mol. The van der Waals surface area contributed by atoms with E-state index < -0.39 is 16.0 Å². The first-order chi connectivity index (χ1) is 35.4. The molecular formula is C67H131NO3S. The Morgan fingerprint density at radius 3 is 0.528 bits per heavy atom. The van der Waals surface area contributed by atoms with Crippen LogP contribution in [-0.2, 0) is 10.1 Å². The first kappa shape index (κ1) is 71.1. The fourth-order valence-corrected chi connectivity index (χ4v) is 11.7. The van der Waals surface area contributed by atoms with Crippen LogP contribution in [0.3, 0.4) is 0 Å². The maximum Gasteiger partial charge on any atom is 0.181 e. The summed E-state index contributed by atoms with van der Waals surface area (Å²) in [6, 6.07) is 0. The van der Waals surface area contributed by atoms with Gasteiger partial charge in [0, 0.05) is 0 Å². The van der Waals surface area contributed by atoms with Crippen LogP contribution in [0.15, 0.2) is 36.8 Å². The van der Waals surface area contributed by atoms with Gasteiger partial charge in [-0.2, -0.15) is 0 Å².